The summed E-state index contributed by atoms with van der Waals surface area (Å²) in [6.07, 6.45) is 1.37. The van der Waals surface area contributed by atoms with Crippen LogP contribution in [0.1, 0.15) is 25.3 Å². The Balaban J connectivity index is 2.65. The van der Waals surface area contributed by atoms with Crippen LogP contribution < -0.4 is 11.1 Å². The first-order valence-electron chi connectivity index (χ1n) is 5.83. The third kappa shape index (κ3) is 4.02. The number of anilines is 1. The smallest absolute Gasteiger partial charge is 0.224 e. The number of nitrogens with two attached hydrogens (primary N) is 1. The molecular formula is C13H19ClN2O. The molecule has 1 rings (SSSR count). The van der Waals surface area contributed by atoms with E-state index in [9.17, 15) is 4.79 Å². The summed E-state index contributed by atoms with van der Waals surface area (Å²) in [5, 5.41) is 3.53. The highest BCUT2D eigenvalue weighted by Gasteiger charge is 2.12. The van der Waals surface area contributed by atoms with E-state index in [2.05, 4.69) is 5.32 Å². The molecule has 1 amide bonds. The molecule has 1 unspecified atom stereocenters. The Morgan fingerprint density at radius 3 is 2.82 bits per heavy atom. The zero-order valence-corrected chi connectivity index (χ0v) is 11.1. The Hall–Kier alpha value is -1.06. The molecule has 17 heavy (non-hydrogen) atoms. The van der Waals surface area contributed by atoms with E-state index >= 15 is 0 Å². The lowest BCUT2D eigenvalue weighted by Crippen LogP contribution is -2.22. The van der Waals surface area contributed by atoms with Crippen molar-refractivity contribution in [2.45, 2.75) is 26.7 Å². The van der Waals surface area contributed by atoms with E-state index < -0.39 is 0 Å². The van der Waals surface area contributed by atoms with Gasteiger partial charge in [0.25, 0.3) is 0 Å². The fraction of sp³-hybridized carbons (Fsp3) is 0.462. The van der Waals surface area contributed by atoms with Gasteiger partial charge >= 0.3 is 0 Å². The standard InChI is InChI=1S/C13H19ClN2O/c1-3-10(8-15)7-13(17)16-12-6-4-5-11(14)9(12)2/h4-6,10H,3,7-8,15H2,1-2H3,(H,16,17). The summed E-state index contributed by atoms with van der Waals surface area (Å²) in [5.74, 6) is 0.238. The third-order valence-electron chi connectivity index (χ3n) is 2.93. The topological polar surface area (TPSA) is 55.1 Å². The highest BCUT2D eigenvalue weighted by molar-refractivity contribution is 6.31. The lowest BCUT2D eigenvalue weighted by molar-refractivity contribution is -0.117. The first-order valence-corrected chi connectivity index (χ1v) is 6.21. The van der Waals surface area contributed by atoms with Crippen molar-refractivity contribution in [1.29, 1.82) is 0 Å². The highest BCUT2D eigenvalue weighted by Crippen LogP contribution is 2.23. The van der Waals surface area contributed by atoms with Gasteiger partial charge in [-0.1, -0.05) is 31.0 Å². The molecule has 0 saturated carbocycles. The summed E-state index contributed by atoms with van der Waals surface area (Å²) in [4.78, 5) is 11.8. The van der Waals surface area contributed by atoms with Gasteiger partial charge in [0.2, 0.25) is 5.91 Å². The molecule has 1 aromatic carbocycles. The number of halogens is 1. The first kappa shape index (κ1) is 14.0. The van der Waals surface area contributed by atoms with Crippen LogP contribution in [-0.2, 0) is 4.79 Å². The third-order valence-corrected chi connectivity index (χ3v) is 3.34. The molecule has 0 heterocycles. The van der Waals surface area contributed by atoms with Crippen molar-refractivity contribution < 1.29 is 4.79 Å². The van der Waals surface area contributed by atoms with Crippen LogP contribution in [0.5, 0.6) is 0 Å². The van der Waals surface area contributed by atoms with Gasteiger partial charge in [0.1, 0.15) is 0 Å². The lowest BCUT2D eigenvalue weighted by Gasteiger charge is -2.13. The zero-order chi connectivity index (χ0) is 12.8. The SMILES string of the molecule is CCC(CN)CC(=O)Nc1cccc(Cl)c1C. The number of hydrogen-bond acceptors (Lipinski definition) is 2. The molecule has 4 heteroatoms. The second-order valence-electron chi connectivity index (χ2n) is 4.17. The fourth-order valence-electron chi connectivity index (χ4n) is 1.60. The zero-order valence-electron chi connectivity index (χ0n) is 10.3. The van der Waals surface area contributed by atoms with E-state index in [4.69, 9.17) is 17.3 Å². The van der Waals surface area contributed by atoms with Crippen LogP contribution >= 0.6 is 11.6 Å². The Morgan fingerprint density at radius 2 is 2.24 bits per heavy atom. The van der Waals surface area contributed by atoms with Crippen LogP contribution in [0.4, 0.5) is 5.69 Å². The normalized spacial score (nSPS) is 12.2. The molecule has 1 atom stereocenters. The van der Waals surface area contributed by atoms with E-state index in [1.807, 2.05) is 26.0 Å². The molecule has 0 fully saturated rings. The van der Waals surface area contributed by atoms with E-state index in [1.54, 1.807) is 6.07 Å². The van der Waals surface area contributed by atoms with Gasteiger partial charge in [0.05, 0.1) is 0 Å². The van der Waals surface area contributed by atoms with Crippen molar-refractivity contribution in [3.63, 3.8) is 0 Å². The average molecular weight is 255 g/mol. The molecule has 3 N–H and O–H groups in total. The highest BCUT2D eigenvalue weighted by atomic mass is 35.5. The van der Waals surface area contributed by atoms with Crippen molar-refractivity contribution >= 4 is 23.2 Å². The maximum absolute atomic E-state index is 11.8. The van der Waals surface area contributed by atoms with Crippen LogP contribution in [0.25, 0.3) is 0 Å². The molecule has 0 bridgehead atoms. The van der Waals surface area contributed by atoms with Gasteiger partial charge in [-0.15, -0.1) is 0 Å². The predicted octanol–water partition coefficient (Wildman–Crippen LogP) is 2.96. The maximum Gasteiger partial charge on any atom is 0.224 e. The van der Waals surface area contributed by atoms with Crippen LogP contribution in [0, 0.1) is 12.8 Å². The summed E-state index contributed by atoms with van der Waals surface area (Å²) >= 11 is 5.99. The molecular weight excluding hydrogens is 236 g/mol. The molecule has 0 spiro atoms. The van der Waals surface area contributed by atoms with Crippen molar-refractivity contribution in [2.24, 2.45) is 11.7 Å². The quantitative estimate of drug-likeness (QED) is 0.849. The monoisotopic (exact) mass is 254 g/mol. The number of rotatable bonds is 5. The molecule has 94 valence electrons. The molecule has 0 aliphatic heterocycles. The Morgan fingerprint density at radius 1 is 1.53 bits per heavy atom. The van der Waals surface area contributed by atoms with E-state index in [0.717, 1.165) is 17.7 Å². The Labute approximate surface area is 107 Å². The largest absolute Gasteiger partial charge is 0.330 e. The number of benzene rings is 1. The summed E-state index contributed by atoms with van der Waals surface area (Å²) in [5.41, 5.74) is 7.24. The van der Waals surface area contributed by atoms with Gasteiger partial charge in [0.15, 0.2) is 0 Å². The number of nitrogens with one attached hydrogen (secondary N) is 1. The Kier molecular flexibility index (Phi) is 5.45. The molecule has 0 aromatic heterocycles. The maximum atomic E-state index is 11.8. The van der Waals surface area contributed by atoms with E-state index in [0.29, 0.717) is 18.0 Å². The number of carbonyl (C=O) groups excluding carboxylic acids is 1. The van der Waals surface area contributed by atoms with Gasteiger partial charge < -0.3 is 11.1 Å². The molecule has 0 saturated heterocycles. The van der Waals surface area contributed by atoms with Gasteiger partial charge in [-0.05, 0) is 37.1 Å². The Bertz CT molecular complexity index is 389. The summed E-state index contributed by atoms with van der Waals surface area (Å²) in [6, 6.07) is 5.48. The average Bonchev–Trinajstić information content (AvgIpc) is 2.32. The molecule has 0 aliphatic rings. The van der Waals surface area contributed by atoms with Crippen molar-refractivity contribution in [3.8, 4) is 0 Å². The second-order valence-corrected chi connectivity index (χ2v) is 4.58. The second kappa shape index (κ2) is 6.62. The minimum absolute atomic E-state index is 0.00679. The van der Waals surface area contributed by atoms with Crippen LogP contribution in [0.2, 0.25) is 5.02 Å². The fourth-order valence-corrected chi connectivity index (χ4v) is 1.78. The summed E-state index contributed by atoms with van der Waals surface area (Å²) in [7, 11) is 0. The van der Waals surface area contributed by atoms with Crippen LogP contribution in [0.3, 0.4) is 0 Å². The van der Waals surface area contributed by atoms with Gasteiger partial charge in [-0.3, -0.25) is 4.79 Å². The van der Waals surface area contributed by atoms with E-state index in [-0.39, 0.29) is 11.8 Å². The molecule has 0 radical (unpaired) electrons. The molecule has 0 aliphatic carbocycles. The first-order chi connectivity index (χ1) is 8.08. The lowest BCUT2D eigenvalue weighted by atomic mass is 10.0. The number of amides is 1. The summed E-state index contributed by atoms with van der Waals surface area (Å²) < 4.78 is 0. The number of hydrogen-bond donors (Lipinski definition) is 2. The minimum atomic E-state index is -0.00679. The van der Waals surface area contributed by atoms with Gasteiger partial charge in [-0.25, -0.2) is 0 Å². The number of carbonyl (C=O) groups is 1. The summed E-state index contributed by atoms with van der Waals surface area (Å²) in [6.45, 7) is 4.46. The molecule has 1 aromatic rings. The predicted molar refractivity (Wildman–Crippen MR) is 72.3 cm³/mol. The van der Waals surface area contributed by atoms with Gasteiger partial charge in [-0.2, -0.15) is 0 Å². The van der Waals surface area contributed by atoms with Crippen LogP contribution in [0.15, 0.2) is 18.2 Å². The van der Waals surface area contributed by atoms with Crippen molar-refractivity contribution in [3.05, 3.63) is 28.8 Å². The van der Waals surface area contributed by atoms with Crippen molar-refractivity contribution in [2.75, 3.05) is 11.9 Å². The molecule has 3 nitrogen and oxygen atoms in total. The van der Waals surface area contributed by atoms with E-state index in [1.165, 1.54) is 0 Å². The minimum Gasteiger partial charge on any atom is -0.330 e. The van der Waals surface area contributed by atoms with Crippen LogP contribution in [-0.4, -0.2) is 12.5 Å². The van der Waals surface area contributed by atoms with Crippen molar-refractivity contribution in [1.82, 2.24) is 0 Å². The van der Waals surface area contributed by atoms with Gasteiger partial charge in [0, 0.05) is 17.1 Å².